The van der Waals surface area contributed by atoms with Crippen LogP contribution in [0.15, 0.2) is 53.0 Å². The maximum absolute atomic E-state index is 11.9. The molecular formula is C16H14BrNO5. The average Bonchev–Trinajstić information content (AvgIpc) is 2.55. The molecule has 0 saturated carbocycles. The lowest BCUT2D eigenvalue weighted by Crippen LogP contribution is -2.26. The molecule has 0 bridgehead atoms. The second-order valence-corrected chi connectivity index (χ2v) is 5.66. The van der Waals surface area contributed by atoms with Gasteiger partial charge in [-0.1, -0.05) is 15.9 Å². The van der Waals surface area contributed by atoms with Gasteiger partial charge in [-0.2, -0.15) is 0 Å². The van der Waals surface area contributed by atoms with E-state index in [4.69, 9.17) is 9.47 Å². The van der Waals surface area contributed by atoms with Gasteiger partial charge in [0, 0.05) is 16.6 Å². The van der Waals surface area contributed by atoms with Gasteiger partial charge in [0.05, 0.1) is 4.92 Å². The topological polar surface area (TPSA) is 78.7 Å². The van der Waals surface area contributed by atoms with E-state index in [2.05, 4.69) is 15.9 Å². The first kappa shape index (κ1) is 17.0. The summed E-state index contributed by atoms with van der Waals surface area (Å²) in [4.78, 5) is 22.0. The number of hydrogen-bond donors (Lipinski definition) is 0. The predicted octanol–water partition coefficient (Wildman–Crippen LogP) is 3.87. The van der Waals surface area contributed by atoms with Crippen molar-refractivity contribution in [1.29, 1.82) is 0 Å². The van der Waals surface area contributed by atoms with Gasteiger partial charge in [-0.05, 0) is 48.9 Å². The summed E-state index contributed by atoms with van der Waals surface area (Å²) in [5.41, 5.74) is 0.659. The molecule has 0 heterocycles. The van der Waals surface area contributed by atoms with E-state index >= 15 is 0 Å². The summed E-state index contributed by atoms with van der Waals surface area (Å²) in [5, 5.41) is 10.6. The molecule has 0 aliphatic carbocycles. The highest BCUT2D eigenvalue weighted by Gasteiger charge is 2.16. The Morgan fingerprint density at radius 3 is 2.35 bits per heavy atom. The van der Waals surface area contributed by atoms with Gasteiger partial charge in [0.2, 0.25) is 0 Å². The average molecular weight is 380 g/mol. The number of carbonyl (C=O) groups is 1. The number of nitrogens with zero attached hydrogens (tertiary/aromatic N) is 1. The van der Waals surface area contributed by atoms with Crippen molar-refractivity contribution in [1.82, 2.24) is 0 Å². The van der Waals surface area contributed by atoms with E-state index in [9.17, 15) is 14.9 Å². The number of non-ortho nitro benzene ring substituents is 1. The molecule has 2 aromatic rings. The van der Waals surface area contributed by atoms with Crippen molar-refractivity contribution < 1.29 is 19.2 Å². The highest BCUT2D eigenvalue weighted by Crippen LogP contribution is 2.18. The van der Waals surface area contributed by atoms with Crippen LogP contribution in [0.1, 0.15) is 12.5 Å². The van der Waals surface area contributed by atoms with Crippen molar-refractivity contribution in [2.24, 2.45) is 0 Å². The third kappa shape index (κ3) is 5.07. The smallest absolute Gasteiger partial charge is 0.347 e. The number of carbonyl (C=O) groups excluding carboxylic acids is 1. The van der Waals surface area contributed by atoms with Gasteiger partial charge in [0.1, 0.15) is 12.4 Å². The summed E-state index contributed by atoms with van der Waals surface area (Å²) in [7, 11) is 0. The Hall–Kier alpha value is -2.41. The van der Waals surface area contributed by atoms with Crippen molar-refractivity contribution in [3.8, 4) is 5.75 Å². The van der Waals surface area contributed by atoms with Crippen LogP contribution in [-0.4, -0.2) is 17.0 Å². The zero-order valence-electron chi connectivity index (χ0n) is 12.3. The van der Waals surface area contributed by atoms with Crippen LogP contribution < -0.4 is 4.74 Å². The van der Waals surface area contributed by atoms with Crippen LogP contribution >= 0.6 is 15.9 Å². The number of halogens is 1. The summed E-state index contributed by atoms with van der Waals surface area (Å²) >= 11 is 3.32. The van der Waals surface area contributed by atoms with E-state index in [1.807, 2.05) is 12.1 Å². The number of benzene rings is 2. The first-order valence-electron chi connectivity index (χ1n) is 6.78. The second-order valence-electron chi connectivity index (χ2n) is 4.75. The Bertz CT molecular complexity index is 685. The van der Waals surface area contributed by atoms with Crippen molar-refractivity contribution in [2.45, 2.75) is 19.6 Å². The Morgan fingerprint density at radius 1 is 1.17 bits per heavy atom. The SMILES string of the molecule is C[C@H](Oc1ccc(Br)cc1)C(=O)OCc1ccc([N+](=O)[O-])cc1. The molecule has 0 spiro atoms. The monoisotopic (exact) mass is 379 g/mol. The lowest BCUT2D eigenvalue weighted by atomic mass is 10.2. The van der Waals surface area contributed by atoms with Crippen molar-refractivity contribution >= 4 is 27.6 Å². The number of ether oxygens (including phenoxy) is 2. The van der Waals surface area contributed by atoms with Gasteiger partial charge in [0.25, 0.3) is 5.69 Å². The fraction of sp³-hybridized carbons (Fsp3) is 0.188. The third-order valence-electron chi connectivity index (χ3n) is 2.99. The van der Waals surface area contributed by atoms with Gasteiger partial charge in [-0.15, -0.1) is 0 Å². The molecule has 0 aliphatic rings. The zero-order chi connectivity index (χ0) is 16.8. The van der Waals surface area contributed by atoms with Crippen LogP contribution in [0.2, 0.25) is 0 Å². The molecule has 6 nitrogen and oxygen atoms in total. The molecule has 1 atom stereocenters. The minimum absolute atomic E-state index is 0.00739. The Balaban J connectivity index is 1.86. The molecule has 0 fully saturated rings. The van der Waals surface area contributed by atoms with E-state index in [1.54, 1.807) is 31.2 Å². The fourth-order valence-corrected chi connectivity index (χ4v) is 2.02. The quantitative estimate of drug-likeness (QED) is 0.432. The molecule has 0 aliphatic heterocycles. The largest absolute Gasteiger partial charge is 0.479 e. The maximum atomic E-state index is 11.9. The second kappa shape index (κ2) is 7.73. The summed E-state index contributed by atoms with van der Waals surface area (Å²) in [6.45, 7) is 1.63. The van der Waals surface area contributed by atoms with E-state index < -0.39 is 17.0 Å². The molecule has 120 valence electrons. The molecule has 23 heavy (non-hydrogen) atoms. The highest BCUT2D eigenvalue weighted by molar-refractivity contribution is 9.10. The van der Waals surface area contributed by atoms with Crippen molar-refractivity contribution in [3.05, 3.63) is 68.7 Å². The van der Waals surface area contributed by atoms with Crippen LogP contribution in [-0.2, 0) is 16.1 Å². The lowest BCUT2D eigenvalue weighted by Gasteiger charge is -2.14. The van der Waals surface area contributed by atoms with Gasteiger partial charge >= 0.3 is 5.97 Å². The van der Waals surface area contributed by atoms with Crippen LogP contribution in [0.4, 0.5) is 5.69 Å². The number of nitro groups is 1. The minimum Gasteiger partial charge on any atom is -0.479 e. The molecule has 0 saturated heterocycles. The summed E-state index contributed by atoms with van der Waals surface area (Å²) in [6, 6.07) is 12.9. The first-order valence-corrected chi connectivity index (χ1v) is 7.57. The number of rotatable bonds is 6. The van der Waals surface area contributed by atoms with Crippen LogP contribution in [0.25, 0.3) is 0 Å². The highest BCUT2D eigenvalue weighted by atomic mass is 79.9. The van der Waals surface area contributed by atoms with Crippen molar-refractivity contribution in [3.63, 3.8) is 0 Å². The van der Waals surface area contributed by atoms with Gasteiger partial charge in [-0.25, -0.2) is 4.79 Å². The molecule has 0 aromatic heterocycles. The summed E-state index contributed by atoms with van der Waals surface area (Å²) in [5.74, 6) is 0.0549. The van der Waals surface area contributed by atoms with E-state index in [0.717, 1.165) is 4.47 Å². The predicted molar refractivity (Wildman–Crippen MR) is 87.1 cm³/mol. The molecule has 0 amide bonds. The number of hydrogen-bond acceptors (Lipinski definition) is 5. The zero-order valence-corrected chi connectivity index (χ0v) is 13.9. The first-order chi connectivity index (χ1) is 11.0. The fourth-order valence-electron chi connectivity index (χ4n) is 1.75. The molecule has 0 N–H and O–H groups in total. The maximum Gasteiger partial charge on any atom is 0.347 e. The van der Waals surface area contributed by atoms with E-state index in [-0.39, 0.29) is 12.3 Å². The molecule has 0 radical (unpaired) electrons. The molecule has 0 unspecified atom stereocenters. The summed E-state index contributed by atoms with van der Waals surface area (Å²) in [6.07, 6.45) is -0.755. The molecule has 2 rings (SSSR count). The van der Waals surface area contributed by atoms with Gasteiger partial charge in [0.15, 0.2) is 6.10 Å². The molecule has 2 aromatic carbocycles. The molecular weight excluding hydrogens is 366 g/mol. The Labute approximate surface area is 141 Å². The van der Waals surface area contributed by atoms with Gasteiger partial charge in [-0.3, -0.25) is 10.1 Å². The third-order valence-corrected chi connectivity index (χ3v) is 3.52. The van der Waals surface area contributed by atoms with Crippen molar-refractivity contribution in [2.75, 3.05) is 0 Å². The number of esters is 1. The van der Waals surface area contributed by atoms with Crippen LogP contribution in [0.3, 0.4) is 0 Å². The molecule has 7 heteroatoms. The van der Waals surface area contributed by atoms with Gasteiger partial charge < -0.3 is 9.47 Å². The Kier molecular flexibility index (Phi) is 5.70. The minimum atomic E-state index is -0.755. The summed E-state index contributed by atoms with van der Waals surface area (Å²) < 4.78 is 11.5. The normalized spacial score (nSPS) is 11.6. The van der Waals surface area contributed by atoms with Crippen LogP contribution in [0.5, 0.6) is 5.75 Å². The number of nitro benzene ring substituents is 1. The standard InChI is InChI=1S/C16H14BrNO5/c1-11(23-15-8-4-13(17)5-9-15)16(19)22-10-12-2-6-14(7-3-12)18(20)21/h2-9,11H,10H2,1H3/t11-/m0/s1. The van der Waals surface area contributed by atoms with E-state index in [0.29, 0.717) is 11.3 Å². The van der Waals surface area contributed by atoms with Crippen LogP contribution in [0, 0.1) is 10.1 Å². The lowest BCUT2D eigenvalue weighted by molar-refractivity contribution is -0.384. The van der Waals surface area contributed by atoms with E-state index in [1.165, 1.54) is 12.1 Å². The Morgan fingerprint density at radius 2 is 1.78 bits per heavy atom.